The third kappa shape index (κ3) is 7.30. The van der Waals surface area contributed by atoms with Gasteiger partial charge in [0.25, 0.3) is 11.8 Å². The van der Waals surface area contributed by atoms with Crippen LogP contribution in [-0.2, 0) is 27.3 Å². The molecule has 0 spiro atoms. The number of ketones is 1. The molecule has 2 aromatic carbocycles. The molecule has 1 aromatic heterocycles. The van der Waals surface area contributed by atoms with Gasteiger partial charge in [0.1, 0.15) is 17.9 Å². The van der Waals surface area contributed by atoms with Gasteiger partial charge in [0.15, 0.2) is 0 Å². The first kappa shape index (κ1) is 25.7. The number of nitrogens with one attached hydrogen (secondary N) is 3. The Morgan fingerprint density at radius 2 is 1.72 bits per heavy atom. The van der Waals surface area contributed by atoms with Crippen LogP contribution in [0.2, 0.25) is 0 Å². The summed E-state index contributed by atoms with van der Waals surface area (Å²) in [4.78, 5) is 54.3. The molecule has 0 fully saturated rings. The number of halogens is 1. The fourth-order valence-corrected chi connectivity index (χ4v) is 3.24. The lowest BCUT2D eigenvalue weighted by Gasteiger charge is -2.18. The molecule has 1 heterocycles. The lowest BCUT2D eigenvalue weighted by molar-refractivity contribution is -0.140. The van der Waals surface area contributed by atoms with Crippen LogP contribution >= 0.6 is 0 Å². The quantitative estimate of drug-likeness (QED) is 0.370. The van der Waals surface area contributed by atoms with E-state index in [1.165, 1.54) is 6.07 Å². The average Bonchev–Trinajstić information content (AvgIpc) is 2.91. The SMILES string of the molecule is N#Cc1cc(C(=O)NCC(=O)N[C@H](Cc2ccccc2)C(=O)C(=O)NCc2ccccn2)ccc1F. The predicted molar refractivity (Wildman–Crippen MR) is 127 cm³/mol. The van der Waals surface area contributed by atoms with Crippen molar-refractivity contribution in [2.45, 2.75) is 19.0 Å². The van der Waals surface area contributed by atoms with Crippen molar-refractivity contribution < 1.29 is 23.6 Å². The molecule has 3 rings (SSSR count). The van der Waals surface area contributed by atoms with Crippen LogP contribution in [0.5, 0.6) is 0 Å². The molecule has 36 heavy (non-hydrogen) atoms. The van der Waals surface area contributed by atoms with Gasteiger partial charge >= 0.3 is 0 Å². The van der Waals surface area contributed by atoms with Gasteiger partial charge in [-0.1, -0.05) is 36.4 Å². The summed E-state index contributed by atoms with van der Waals surface area (Å²) in [6, 6.07) is 17.7. The van der Waals surface area contributed by atoms with Gasteiger partial charge in [-0.2, -0.15) is 5.26 Å². The number of carbonyl (C=O) groups is 4. The summed E-state index contributed by atoms with van der Waals surface area (Å²) in [6.45, 7) is -0.470. The van der Waals surface area contributed by atoms with Crippen molar-refractivity contribution in [3.63, 3.8) is 0 Å². The summed E-state index contributed by atoms with van der Waals surface area (Å²) in [6.07, 6.45) is 1.61. The normalized spacial score (nSPS) is 11.0. The Morgan fingerprint density at radius 1 is 0.972 bits per heavy atom. The summed E-state index contributed by atoms with van der Waals surface area (Å²) >= 11 is 0. The number of nitriles is 1. The standard InChI is InChI=1S/C26H22FN5O4/c27-21-10-9-18(13-19(21)14-28)25(35)31-16-23(33)32-22(12-17-6-2-1-3-7-17)24(34)26(36)30-15-20-8-4-5-11-29-20/h1-11,13,22H,12,15-16H2,(H,30,36)(H,31,35)(H,32,33)/t22-/m1/s1. The maximum Gasteiger partial charge on any atom is 0.289 e. The van der Waals surface area contributed by atoms with Gasteiger partial charge in [-0.25, -0.2) is 4.39 Å². The van der Waals surface area contributed by atoms with Crippen LogP contribution in [0.25, 0.3) is 0 Å². The second-order valence-corrected chi connectivity index (χ2v) is 7.67. The Labute approximate surface area is 206 Å². The van der Waals surface area contributed by atoms with Gasteiger partial charge in [-0.3, -0.25) is 24.2 Å². The van der Waals surface area contributed by atoms with Gasteiger partial charge in [-0.05, 0) is 35.9 Å². The molecule has 1 atom stereocenters. The molecular formula is C26H22FN5O4. The van der Waals surface area contributed by atoms with Gasteiger partial charge in [0.05, 0.1) is 24.3 Å². The van der Waals surface area contributed by atoms with Crippen molar-refractivity contribution in [1.82, 2.24) is 20.9 Å². The van der Waals surface area contributed by atoms with E-state index in [9.17, 15) is 23.6 Å². The van der Waals surface area contributed by atoms with Crippen LogP contribution < -0.4 is 16.0 Å². The Bertz CT molecular complexity index is 1290. The summed E-state index contributed by atoms with van der Waals surface area (Å²) in [5.74, 6) is -3.93. The molecular weight excluding hydrogens is 465 g/mol. The molecule has 3 aromatic rings. The first-order valence-corrected chi connectivity index (χ1v) is 10.9. The maximum absolute atomic E-state index is 13.5. The number of hydrogen-bond acceptors (Lipinski definition) is 6. The molecule has 0 bridgehead atoms. The van der Waals surface area contributed by atoms with Crippen LogP contribution in [-0.4, -0.2) is 41.1 Å². The number of pyridine rings is 1. The van der Waals surface area contributed by atoms with Crippen molar-refractivity contribution in [2.24, 2.45) is 0 Å². The van der Waals surface area contributed by atoms with E-state index in [2.05, 4.69) is 20.9 Å². The highest BCUT2D eigenvalue weighted by Gasteiger charge is 2.27. The molecule has 0 saturated carbocycles. The molecule has 0 aliphatic heterocycles. The molecule has 0 saturated heterocycles. The minimum absolute atomic E-state index is 0.00781. The zero-order valence-corrected chi connectivity index (χ0v) is 19.0. The molecule has 0 aliphatic carbocycles. The Kier molecular flexibility index (Phi) is 8.94. The van der Waals surface area contributed by atoms with Gasteiger partial charge in [0.2, 0.25) is 11.7 Å². The molecule has 3 amide bonds. The fraction of sp³-hybridized carbons (Fsp3) is 0.154. The van der Waals surface area contributed by atoms with E-state index in [1.54, 1.807) is 60.8 Å². The second kappa shape index (κ2) is 12.5. The third-order valence-electron chi connectivity index (χ3n) is 5.07. The van der Waals surface area contributed by atoms with E-state index in [-0.39, 0.29) is 24.1 Å². The molecule has 182 valence electrons. The molecule has 3 N–H and O–H groups in total. The minimum Gasteiger partial charge on any atom is -0.344 e. The lowest BCUT2D eigenvalue weighted by atomic mass is 10.0. The van der Waals surface area contributed by atoms with Gasteiger partial charge < -0.3 is 16.0 Å². The summed E-state index contributed by atoms with van der Waals surface area (Å²) in [7, 11) is 0. The van der Waals surface area contributed by atoms with Crippen LogP contribution in [0, 0.1) is 17.1 Å². The number of benzene rings is 2. The van der Waals surface area contributed by atoms with Crippen LogP contribution in [0.1, 0.15) is 27.2 Å². The Hall–Kier alpha value is -4.91. The zero-order chi connectivity index (χ0) is 25.9. The maximum atomic E-state index is 13.5. The van der Waals surface area contributed by atoms with Crippen molar-refractivity contribution in [3.8, 4) is 6.07 Å². The molecule has 0 radical (unpaired) electrons. The highest BCUT2D eigenvalue weighted by Crippen LogP contribution is 2.09. The first-order valence-electron chi connectivity index (χ1n) is 10.9. The smallest absolute Gasteiger partial charge is 0.289 e. The number of nitrogens with zero attached hydrogens (tertiary/aromatic N) is 2. The number of aromatic nitrogens is 1. The van der Waals surface area contributed by atoms with Crippen molar-refractivity contribution >= 4 is 23.5 Å². The van der Waals surface area contributed by atoms with E-state index in [0.717, 1.165) is 12.1 Å². The monoisotopic (exact) mass is 487 g/mol. The number of rotatable bonds is 10. The number of hydrogen-bond donors (Lipinski definition) is 3. The Morgan fingerprint density at radius 3 is 2.42 bits per heavy atom. The number of amides is 3. The highest BCUT2D eigenvalue weighted by molar-refractivity contribution is 6.38. The molecule has 10 heteroatoms. The Balaban J connectivity index is 1.63. The summed E-state index contributed by atoms with van der Waals surface area (Å²) < 4.78 is 13.5. The number of carbonyl (C=O) groups excluding carboxylic acids is 4. The topological polar surface area (TPSA) is 141 Å². The third-order valence-corrected chi connectivity index (χ3v) is 5.07. The highest BCUT2D eigenvalue weighted by atomic mass is 19.1. The number of Topliss-reactive ketones (excluding diaryl/α,β-unsaturated/α-hetero) is 1. The average molecular weight is 487 g/mol. The van der Waals surface area contributed by atoms with Crippen LogP contribution in [0.3, 0.4) is 0 Å². The van der Waals surface area contributed by atoms with E-state index in [0.29, 0.717) is 11.3 Å². The molecule has 0 unspecified atom stereocenters. The van der Waals surface area contributed by atoms with Crippen molar-refractivity contribution in [2.75, 3.05) is 6.54 Å². The lowest BCUT2D eigenvalue weighted by Crippen LogP contribution is -2.50. The first-order chi connectivity index (χ1) is 17.4. The van der Waals surface area contributed by atoms with Gasteiger partial charge in [0, 0.05) is 18.2 Å². The summed E-state index contributed by atoms with van der Waals surface area (Å²) in [5, 5.41) is 16.2. The van der Waals surface area contributed by atoms with E-state index in [4.69, 9.17) is 5.26 Å². The van der Waals surface area contributed by atoms with Crippen LogP contribution in [0.15, 0.2) is 72.9 Å². The molecule has 9 nitrogen and oxygen atoms in total. The molecule has 0 aliphatic rings. The van der Waals surface area contributed by atoms with E-state index in [1.807, 2.05) is 0 Å². The van der Waals surface area contributed by atoms with Crippen molar-refractivity contribution in [3.05, 3.63) is 101 Å². The largest absolute Gasteiger partial charge is 0.344 e. The fourth-order valence-electron chi connectivity index (χ4n) is 3.24. The van der Waals surface area contributed by atoms with Gasteiger partial charge in [-0.15, -0.1) is 0 Å². The van der Waals surface area contributed by atoms with E-state index < -0.39 is 41.9 Å². The van der Waals surface area contributed by atoms with Crippen LogP contribution in [0.4, 0.5) is 4.39 Å². The zero-order valence-electron chi connectivity index (χ0n) is 19.0. The van der Waals surface area contributed by atoms with Crippen molar-refractivity contribution in [1.29, 1.82) is 5.26 Å². The van der Waals surface area contributed by atoms with E-state index >= 15 is 0 Å². The minimum atomic E-state index is -1.18. The predicted octanol–water partition coefficient (Wildman–Crippen LogP) is 1.44. The summed E-state index contributed by atoms with van der Waals surface area (Å²) in [5.41, 5.74) is 0.960. The second-order valence-electron chi connectivity index (χ2n) is 7.67.